The van der Waals surface area contributed by atoms with Gasteiger partial charge in [-0.05, 0) is 18.2 Å². The Hall–Kier alpha value is -5.63. The van der Waals surface area contributed by atoms with Gasteiger partial charge >= 0.3 is 23.5 Å². The molecule has 2 heterocycles. The van der Waals surface area contributed by atoms with E-state index in [1.54, 1.807) is 0 Å². The first kappa shape index (κ1) is 33.3. The highest BCUT2D eigenvalue weighted by Crippen LogP contribution is 2.45. The van der Waals surface area contributed by atoms with Gasteiger partial charge in [0.1, 0.15) is 18.3 Å². The van der Waals surface area contributed by atoms with E-state index in [4.69, 9.17) is 18.6 Å². The van der Waals surface area contributed by atoms with E-state index in [0.717, 1.165) is 0 Å². The Kier molecular flexibility index (Phi) is 9.24. The third kappa shape index (κ3) is 6.02. The summed E-state index contributed by atoms with van der Waals surface area (Å²) in [6.45, 7) is -0.983. The van der Waals surface area contributed by atoms with Gasteiger partial charge in [-0.3, -0.25) is 14.4 Å². The molecule has 0 radical (unpaired) electrons. The molecule has 6 atom stereocenters. The van der Waals surface area contributed by atoms with Gasteiger partial charge in [-0.15, -0.1) is 0 Å². The number of fused-ring (bicyclic) bond motifs is 1. The van der Waals surface area contributed by atoms with E-state index >= 15 is 0 Å². The Balaban J connectivity index is 1.80. The van der Waals surface area contributed by atoms with Crippen molar-refractivity contribution >= 4 is 35.0 Å². The van der Waals surface area contributed by atoms with Crippen LogP contribution in [0.3, 0.4) is 0 Å². The van der Waals surface area contributed by atoms with Crippen LogP contribution in [-0.2, 0) is 23.8 Å². The fourth-order valence-corrected chi connectivity index (χ4v) is 4.71. The van der Waals surface area contributed by atoms with Gasteiger partial charge < -0.3 is 69.7 Å². The number of esters is 2. The molecule has 0 spiro atoms. The molecule has 2 aromatic carbocycles. The number of hydrogen-bond acceptors (Lipinski definition) is 18. The molecule has 4 rings (SSSR count). The molecule has 46 heavy (non-hydrogen) atoms. The van der Waals surface area contributed by atoms with Crippen LogP contribution >= 0.6 is 0 Å². The summed E-state index contributed by atoms with van der Waals surface area (Å²) in [5, 5.41) is 98.3. The predicted molar refractivity (Wildman–Crippen MR) is 142 cm³/mol. The number of carbonyl (C=O) groups excluding carboxylic acids is 3. The number of aldehydes is 1. The van der Waals surface area contributed by atoms with Crippen molar-refractivity contribution in [3.05, 3.63) is 45.5 Å². The van der Waals surface area contributed by atoms with Crippen molar-refractivity contribution in [2.24, 2.45) is 0 Å². The first-order chi connectivity index (χ1) is 21.6. The number of phenols is 6. The molecule has 1 aromatic heterocycles. The first-order valence-corrected chi connectivity index (χ1v) is 12.8. The van der Waals surface area contributed by atoms with Gasteiger partial charge in [0.25, 0.3) is 0 Å². The summed E-state index contributed by atoms with van der Waals surface area (Å²) in [5.41, 5.74) is -2.80. The molecular formula is C27H24O19. The van der Waals surface area contributed by atoms with E-state index in [1.807, 2.05) is 0 Å². The Bertz CT molecular complexity index is 1750. The van der Waals surface area contributed by atoms with Gasteiger partial charge in [-0.25, -0.2) is 9.59 Å². The molecule has 246 valence electrons. The molecule has 1 aliphatic rings. The van der Waals surface area contributed by atoms with Crippen LogP contribution < -0.4 is 5.63 Å². The lowest BCUT2D eigenvalue weighted by Gasteiger charge is -2.41. The maximum absolute atomic E-state index is 13.6. The number of benzene rings is 2. The van der Waals surface area contributed by atoms with Gasteiger partial charge in [0, 0.05) is 10.9 Å². The van der Waals surface area contributed by atoms with Crippen LogP contribution in [0.5, 0.6) is 34.5 Å². The average molecular weight is 652 g/mol. The molecule has 0 bridgehead atoms. The summed E-state index contributed by atoms with van der Waals surface area (Å²) in [7, 11) is 0. The molecule has 1 unspecified atom stereocenters. The summed E-state index contributed by atoms with van der Waals surface area (Å²) in [6.07, 6.45) is -11.8. The van der Waals surface area contributed by atoms with Crippen LogP contribution in [0.4, 0.5) is 0 Å². The molecule has 3 aromatic rings. The topological polar surface area (TPSA) is 328 Å². The number of aromatic hydroxyl groups is 6. The third-order valence-electron chi connectivity index (χ3n) is 6.94. The summed E-state index contributed by atoms with van der Waals surface area (Å²) < 4.78 is 20.4. The molecule has 1 aliphatic heterocycles. The van der Waals surface area contributed by atoms with Gasteiger partial charge in [-0.1, -0.05) is 0 Å². The number of carboxylic acids is 1. The average Bonchev–Trinajstić information content (AvgIpc) is 3.00. The van der Waals surface area contributed by atoms with Gasteiger partial charge in [-0.2, -0.15) is 0 Å². The summed E-state index contributed by atoms with van der Waals surface area (Å²) in [6, 6.07) is 1.89. The van der Waals surface area contributed by atoms with Crippen molar-refractivity contribution in [2.45, 2.75) is 43.0 Å². The molecule has 1 fully saturated rings. The van der Waals surface area contributed by atoms with E-state index in [2.05, 4.69) is 0 Å². The summed E-state index contributed by atoms with van der Waals surface area (Å²) >= 11 is 0. The predicted octanol–water partition coefficient (Wildman–Crippen LogP) is -1.39. The van der Waals surface area contributed by atoms with Crippen molar-refractivity contribution in [1.29, 1.82) is 0 Å². The normalized spacial score (nSPS) is 21.8. The van der Waals surface area contributed by atoms with Crippen molar-refractivity contribution < 1.29 is 88.9 Å². The monoisotopic (exact) mass is 652 g/mol. The third-order valence-corrected chi connectivity index (χ3v) is 6.94. The SMILES string of the molecule is O=Cc1oc(=O)c2cc(O)c(O)c(O)c2c1C(CC(=O)O)C(=O)O[C@H]1[C@H](OC(=O)c2cc(O)c(O)c(O)c2)O[C@H](CO)[C@@H](O)[C@@H]1O. The second kappa shape index (κ2) is 12.8. The van der Waals surface area contributed by atoms with Crippen molar-refractivity contribution in [2.75, 3.05) is 6.61 Å². The number of ether oxygens (including phenoxy) is 3. The summed E-state index contributed by atoms with van der Waals surface area (Å²) in [4.78, 5) is 62.6. The van der Waals surface area contributed by atoms with Crippen LogP contribution in [0.2, 0.25) is 0 Å². The Labute approximate surface area is 253 Å². The molecular weight excluding hydrogens is 628 g/mol. The molecule has 0 saturated carbocycles. The Morgan fingerprint density at radius 1 is 0.891 bits per heavy atom. The number of carboxylic acid groups (broad SMARTS) is 1. The zero-order chi connectivity index (χ0) is 34.2. The fraction of sp³-hybridized carbons (Fsp3) is 0.296. The maximum atomic E-state index is 13.6. The fourth-order valence-electron chi connectivity index (χ4n) is 4.71. The lowest BCUT2D eigenvalue weighted by molar-refractivity contribution is -0.289. The zero-order valence-electron chi connectivity index (χ0n) is 22.8. The second-order valence-electron chi connectivity index (χ2n) is 9.83. The van der Waals surface area contributed by atoms with Crippen molar-refractivity contribution in [3.63, 3.8) is 0 Å². The quantitative estimate of drug-likeness (QED) is 0.0722. The molecule has 19 heteroatoms. The van der Waals surface area contributed by atoms with Crippen LogP contribution in [0, 0.1) is 0 Å². The maximum Gasteiger partial charge on any atom is 0.344 e. The summed E-state index contributed by atoms with van der Waals surface area (Å²) in [5.74, 6) is -14.6. The van der Waals surface area contributed by atoms with E-state index in [1.165, 1.54) is 0 Å². The first-order valence-electron chi connectivity index (χ1n) is 12.8. The van der Waals surface area contributed by atoms with Crippen LogP contribution in [0.25, 0.3) is 10.8 Å². The van der Waals surface area contributed by atoms with Crippen LogP contribution in [0.1, 0.15) is 38.8 Å². The number of aliphatic hydroxyl groups is 3. The van der Waals surface area contributed by atoms with E-state index in [-0.39, 0.29) is 6.29 Å². The van der Waals surface area contributed by atoms with Gasteiger partial charge in [0.2, 0.25) is 12.0 Å². The Morgan fingerprint density at radius 2 is 1.50 bits per heavy atom. The minimum absolute atomic E-state index is 0.136. The lowest BCUT2D eigenvalue weighted by Crippen LogP contribution is -2.61. The zero-order valence-corrected chi connectivity index (χ0v) is 22.8. The highest BCUT2D eigenvalue weighted by Gasteiger charge is 2.49. The van der Waals surface area contributed by atoms with Crippen molar-refractivity contribution in [1.82, 2.24) is 0 Å². The minimum Gasteiger partial charge on any atom is -0.504 e. The van der Waals surface area contributed by atoms with E-state index in [0.29, 0.717) is 18.2 Å². The van der Waals surface area contributed by atoms with Crippen LogP contribution in [-0.4, -0.2) is 113 Å². The van der Waals surface area contributed by atoms with Gasteiger partial charge in [0.05, 0.1) is 29.9 Å². The smallest absolute Gasteiger partial charge is 0.344 e. The molecule has 0 amide bonds. The highest BCUT2D eigenvalue weighted by molar-refractivity contribution is 6.01. The second-order valence-corrected chi connectivity index (χ2v) is 9.83. The number of aliphatic carboxylic acids is 1. The minimum atomic E-state index is -2.24. The number of hydrogen-bond donors (Lipinski definition) is 10. The van der Waals surface area contributed by atoms with Gasteiger partial charge in [0.15, 0.2) is 46.9 Å². The Morgan fingerprint density at radius 3 is 2.07 bits per heavy atom. The van der Waals surface area contributed by atoms with Crippen molar-refractivity contribution in [3.8, 4) is 34.5 Å². The number of aliphatic hydroxyl groups excluding tert-OH is 3. The number of carbonyl (C=O) groups is 4. The molecule has 10 N–H and O–H groups in total. The number of phenolic OH excluding ortho intramolecular Hbond substituents is 6. The largest absolute Gasteiger partial charge is 0.504 e. The lowest BCUT2D eigenvalue weighted by atomic mass is 9.89. The molecule has 0 aliphatic carbocycles. The standard InChI is InChI=1S/C27H24O19/c28-5-13-16(17-8(25(41)43-13)3-12(32)19(36)21(17)38)9(4-15(33)34)26(42)45-23-22(39)20(37)14(6-29)44-27(23)46-24(40)7-1-10(30)18(35)11(31)2-7/h1-3,5,9,14,20,22-23,27,29-32,35-39H,4,6H2,(H,33,34)/t9?,14-,20-,22+,23-,27+/m1/s1. The highest BCUT2D eigenvalue weighted by atomic mass is 16.7. The van der Waals surface area contributed by atoms with Crippen LogP contribution in [0.15, 0.2) is 27.4 Å². The molecule has 19 nitrogen and oxygen atoms in total. The van der Waals surface area contributed by atoms with E-state index < -0.39 is 135 Å². The number of rotatable bonds is 9. The van der Waals surface area contributed by atoms with E-state index in [9.17, 15) is 75.0 Å². The molecule has 1 saturated heterocycles.